The Kier molecular flexibility index (Phi) is 8.64. The molecule has 1 aliphatic carbocycles. The second kappa shape index (κ2) is 12.9. The van der Waals surface area contributed by atoms with E-state index in [9.17, 15) is 19.8 Å². The highest BCUT2D eigenvalue weighted by atomic mass is 16.5. The maximum absolute atomic E-state index is 13.3. The molecule has 6 aliphatic rings. The van der Waals surface area contributed by atoms with Crippen molar-refractivity contribution >= 4 is 28.9 Å². The monoisotopic (exact) mass is 670 g/mol. The van der Waals surface area contributed by atoms with Crippen molar-refractivity contribution in [3.05, 3.63) is 127 Å². The first-order chi connectivity index (χ1) is 24.0. The van der Waals surface area contributed by atoms with Gasteiger partial charge in [0.2, 0.25) is 0 Å². The zero-order chi connectivity index (χ0) is 35.4. The van der Waals surface area contributed by atoms with Crippen molar-refractivity contribution < 1.29 is 24.5 Å². The molecule has 5 aliphatic heterocycles. The fraction of sp³-hybridized carbons (Fsp3) is 0.341. The molecule has 8 bridgehead atoms. The molecule has 9 nitrogen and oxygen atoms in total. The lowest BCUT2D eigenvalue weighted by Gasteiger charge is -2.17. The number of aliphatic hydroxyl groups excluding tert-OH is 2. The van der Waals surface area contributed by atoms with Crippen molar-refractivity contribution in [3.63, 3.8) is 0 Å². The first-order valence-electron chi connectivity index (χ1n) is 17.3. The number of aliphatic hydroxyl groups is 2. The summed E-state index contributed by atoms with van der Waals surface area (Å²) in [5, 5.41) is 26.7. The number of ether oxygens (including phenoxy) is 1. The maximum Gasteiger partial charge on any atom is 0.305 e. The van der Waals surface area contributed by atoms with Crippen LogP contribution in [-0.4, -0.2) is 52.3 Å². The summed E-state index contributed by atoms with van der Waals surface area (Å²) in [6.07, 6.45) is 6.61. The van der Waals surface area contributed by atoms with E-state index in [0.717, 1.165) is 74.1 Å². The maximum atomic E-state index is 13.3. The number of esters is 1. The van der Waals surface area contributed by atoms with E-state index in [0.29, 0.717) is 35.4 Å². The summed E-state index contributed by atoms with van der Waals surface area (Å²) in [5.41, 5.74) is 12.7. The summed E-state index contributed by atoms with van der Waals surface area (Å²) in [4.78, 5) is 40.8. The number of hydrogen-bond donors (Lipinski definition) is 3. The summed E-state index contributed by atoms with van der Waals surface area (Å²) < 4.78 is 5.00. The molecule has 0 aromatic heterocycles. The fourth-order valence-electron chi connectivity index (χ4n) is 7.94. The number of hydrogen-bond acceptors (Lipinski definition) is 9. The lowest BCUT2D eigenvalue weighted by Crippen LogP contribution is -2.18. The van der Waals surface area contributed by atoms with Gasteiger partial charge in [-0.25, -0.2) is 15.0 Å². The zero-order valence-corrected chi connectivity index (χ0v) is 29.3. The quantitative estimate of drug-likeness (QED) is 0.197. The Labute approximate surface area is 292 Å². The molecule has 5 heterocycles. The molecule has 50 heavy (non-hydrogen) atoms. The van der Waals surface area contributed by atoms with Crippen molar-refractivity contribution in [3.8, 4) is 0 Å². The number of ketones is 1. The Morgan fingerprint density at radius 2 is 1.70 bits per heavy atom. The first-order valence-corrected chi connectivity index (χ1v) is 17.3. The third kappa shape index (κ3) is 5.59. The molecule has 1 saturated heterocycles. The van der Waals surface area contributed by atoms with Crippen LogP contribution in [0.3, 0.4) is 0 Å². The van der Waals surface area contributed by atoms with Gasteiger partial charge < -0.3 is 20.3 Å². The van der Waals surface area contributed by atoms with E-state index in [1.165, 1.54) is 7.11 Å². The largest absolute Gasteiger partial charge is 0.511 e. The van der Waals surface area contributed by atoms with Crippen LogP contribution in [0, 0.1) is 11.8 Å². The fourth-order valence-corrected chi connectivity index (χ4v) is 7.94. The lowest BCUT2D eigenvalue weighted by atomic mass is 9.86. The van der Waals surface area contributed by atoms with Crippen molar-refractivity contribution in [1.29, 1.82) is 0 Å². The van der Waals surface area contributed by atoms with Crippen LogP contribution in [0.1, 0.15) is 77.1 Å². The second-order valence-corrected chi connectivity index (χ2v) is 13.7. The minimum Gasteiger partial charge on any atom is -0.511 e. The lowest BCUT2D eigenvalue weighted by molar-refractivity contribution is -0.140. The van der Waals surface area contributed by atoms with Crippen LogP contribution in [0.25, 0.3) is 0 Å². The molecule has 1 aromatic carbocycles. The van der Waals surface area contributed by atoms with Gasteiger partial charge in [0.25, 0.3) is 0 Å². The summed E-state index contributed by atoms with van der Waals surface area (Å²) in [5.74, 6) is -0.253. The molecule has 0 radical (unpaired) electrons. The van der Waals surface area contributed by atoms with Gasteiger partial charge in [0, 0.05) is 64.8 Å². The van der Waals surface area contributed by atoms with E-state index in [2.05, 4.69) is 19.2 Å². The van der Waals surface area contributed by atoms with Crippen molar-refractivity contribution in [2.24, 2.45) is 26.8 Å². The van der Waals surface area contributed by atoms with Gasteiger partial charge in [0.1, 0.15) is 5.76 Å². The number of benzene rings is 1. The highest BCUT2D eigenvalue weighted by Gasteiger charge is 2.41. The van der Waals surface area contributed by atoms with Gasteiger partial charge >= 0.3 is 5.97 Å². The summed E-state index contributed by atoms with van der Waals surface area (Å²) >= 11 is 0. The number of carbonyl (C=O) groups excluding carboxylic acids is 2. The van der Waals surface area contributed by atoms with Crippen LogP contribution in [-0.2, 0) is 9.53 Å². The third-order valence-corrected chi connectivity index (χ3v) is 10.8. The minimum atomic E-state index is -1.09. The Morgan fingerprint density at radius 3 is 2.42 bits per heavy atom. The number of Topliss-reactive ketones (excluding diaryl/α,β-unsaturated/α-hetero) is 1. The SMILES string of the molecule is CCC1=C(C)C2=NC1=CC1=C(C)C3=C(O)CC(=C4NC(=CC5=NC(=C2)C(C(O)CC(=O)c2ccccc2)=C5C)[C@@H](C)[C@@H]4CCC(=O)OC)C3=N1. The van der Waals surface area contributed by atoms with Crippen LogP contribution >= 0.6 is 0 Å². The molecule has 3 N–H and O–H groups in total. The molecule has 0 spiro atoms. The molecule has 9 heteroatoms. The number of methoxy groups -OCH3 is 1. The topological polar surface area (TPSA) is 133 Å². The molecule has 3 atom stereocenters. The Morgan fingerprint density at radius 1 is 0.980 bits per heavy atom. The van der Waals surface area contributed by atoms with Crippen molar-refractivity contribution in [2.45, 2.75) is 72.8 Å². The van der Waals surface area contributed by atoms with Crippen LogP contribution < -0.4 is 5.32 Å². The summed E-state index contributed by atoms with van der Waals surface area (Å²) in [6, 6.07) is 9.01. The predicted molar refractivity (Wildman–Crippen MR) is 195 cm³/mol. The number of carbonyl (C=O) groups is 2. The number of fused-ring (bicyclic) bond motifs is 5. The standard InChI is InChI=1S/C41H42N4O5/c1-7-25-20(2)28-18-33-38(36(48)19-34(46)24-11-9-8-10-12-24)22(4)30(43-33)16-29-21(3)26(13-14-37(49)50-6)40(44-29)27-15-35(47)39-23(5)31(45-41(27)39)17-32(25)42-28/h8-12,16-18,21,26,36,44,47-48H,7,13-15,19H2,1-6H3/t21-,26-,36?/m0/s1. The smallest absolute Gasteiger partial charge is 0.305 e. The average Bonchev–Trinajstić information content (AvgIpc) is 3.86. The Bertz CT molecular complexity index is 2090. The molecule has 0 saturated carbocycles. The van der Waals surface area contributed by atoms with Crippen LogP contribution in [0.15, 0.2) is 137 Å². The number of allylic oxidation sites excluding steroid dienone is 11. The minimum absolute atomic E-state index is 0.0316. The molecule has 1 aromatic rings. The first kappa shape index (κ1) is 33.4. The van der Waals surface area contributed by atoms with Gasteiger partial charge in [-0.1, -0.05) is 44.2 Å². The third-order valence-electron chi connectivity index (χ3n) is 10.8. The molecule has 7 rings (SSSR count). The molecule has 0 amide bonds. The van der Waals surface area contributed by atoms with Gasteiger partial charge in [-0.2, -0.15) is 0 Å². The zero-order valence-electron chi connectivity index (χ0n) is 29.3. The van der Waals surface area contributed by atoms with Gasteiger partial charge in [-0.3, -0.25) is 9.59 Å². The van der Waals surface area contributed by atoms with Gasteiger partial charge in [0.05, 0.1) is 47.4 Å². The molecule has 1 unspecified atom stereocenters. The van der Waals surface area contributed by atoms with E-state index in [-0.39, 0.29) is 42.2 Å². The number of nitrogens with one attached hydrogen (secondary N) is 1. The highest BCUT2D eigenvalue weighted by Crippen LogP contribution is 2.46. The van der Waals surface area contributed by atoms with E-state index in [1.54, 1.807) is 12.1 Å². The van der Waals surface area contributed by atoms with Crippen LogP contribution in [0.2, 0.25) is 0 Å². The number of aliphatic imine (C=N–C) groups is 3. The van der Waals surface area contributed by atoms with Crippen LogP contribution in [0.5, 0.6) is 0 Å². The van der Waals surface area contributed by atoms with Crippen molar-refractivity contribution in [2.75, 3.05) is 7.11 Å². The predicted octanol–water partition coefficient (Wildman–Crippen LogP) is 7.25. The highest BCUT2D eigenvalue weighted by molar-refractivity contribution is 6.21. The molecule has 256 valence electrons. The summed E-state index contributed by atoms with van der Waals surface area (Å²) in [6.45, 7) is 10.2. The average molecular weight is 671 g/mol. The molecule has 1 fully saturated rings. The molecular formula is C41H42N4O5. The Balaban J connectivity index is 1.40. The summed E-state index contributed by atoms with van der Waals surface area (Å²) in [7, 11) is 1.40. The number of nitrogens with zero attached hydrogens (tertiary/aromatic N) is 3. The van der Waals surface area contributed by atoms with Crippen LogP contribution in [0.4, 0.5) is 0 Å². The Hall–Kier alpha value is -5.15. The van der Waals surface area contributed by atoms with E-state index in [4.69, 9.17) is 19.7 Å². The van der Waals surface area contributed by atoms with Crippen molar-refractivity contribution in [1.82, 2.24) is 5.32 Å². The normalized spacial score (nSPS) is 23.2. The van der Waals surface area contributed by atoms with Gasteiger partial charge in [-0.15, -0.1) is 0 Å². The van der Waals surface area contributed by atoms with Gasteiger partial charge in [0.15, 0.2) is 5.78 Å². The van der Waals surface area contributed by atoms with E-state index in [1.807, 2.05) is 57.2 Å². The van der Waals surface area contributed by atoms with Gasteiger partial charge in [-0.05, 0) is 74.1 Å². The number of rotatable bonds is 8. The second-order valence-electron chi connectivity index (χ2n) is 13.7. The van der Waals surface area contributed by atoms with E-state index >= 15 is 0 Å². The van der Waals surface area contributed by atoms with E-state index < -0.39 is 6.10 Å². The molecular weight excluding hydrogens is 628 g/mol.